The molecule has 6 heteroatoms. The first-order valence-corrected chi connectivity index (χ1v) is 6.59. The smallest absolute Gasteiger partial charge is 0.310 e. The lowest BCUT2D eigenvalue weighted by atomic mass is 10.2. The highest BCUT2D eigenvalue weighted by Gasteiger charge is 2.15. The van der Waals surface area contributed by atoms with E-state index in [4.69, 9.17) is 4.74 Å². The maximum absolute atomic E-state index is 11.4. The van der Waals surface area contributed by atoms with Gasteiger partial charge in [-0.2, -0.15) is 0 Å². The van der Waals surface area contributed by atoms with Gasteiger partial charge in [-0.3, -0.25) is 9.79 Å². The normalized spacial score (nSPS) is 12.9. The topological polar surface area (TPSA) is 58.9 Å². The van der Waals surface area contributed by atoms with Gasteiger partial charge in [-0.05, 0) is 12.1 Å². The van der Waals surface area contributed by atoms with Crippen molar-refractivity contribution >= 4 is 11.9 Å². The van der Waals surface area contributed by atoms with Gasteiger partial charge in [0.1, 0.15) is 0 Å². The van der Waals surface area contributed by atoms with E-state index < -0.39 is 0 Å². The Bertz CT molecular complexity index is 467. The van der Waals surface area contributed by atoms with Gasteiger partial charge in [-0.25, -0.2) is 0 Å². The molecule has 1 N–H and O–H groups in total. The number of methoxy groups -OCH3 is 1. The van der Waals surface area contributed by atoms with E-state index in [1.54, 1.807) is 7.05 Å². The molecule has 0 aliphatic heterocycles. The largest absolute Gasteiger partial charge is 0.469 e. The Morgan fingerprint density at radius 3 is 2.80 bits per heavy atom. The van der Waals surface area contributed by atoms with Gasteiger partial charge >= 0.3 is 5.97 Å². The average Bonchev–Trinajstić information content (AvgIpc) is 2.83. The number of aromatic nitrogens is 1. The molecule has 0 bridgehead atoms. The van der Waals surface area contributed by atoms with Crippen LogP contribution in [-0.4, -0.2) is 49.1 Å². The molecule has 0 aliphatic carbocycles. The number of nitrogens with zero attached hydrogens (tertiary/aromatic N) is 3. The second kappa shape index (κ2) is 7.57. The summed E-state index contributed by atoms with van der Waals surface area (Å²) in [7, 11) is 7.10. The van der Waals surface area contributed by atoms with Crippen molar-refractivity contribution in [1.82, 2.24) is 14.8 Å². The number of ether oxygens (including phenoxy) is 1. The Kier molecular flexibility index (Phi) is 6.09. The fourth-order valence-corrected chi connectivity index (χ4v) is 1.89. The first kappa shape index (κ1) is 16.1. The lowest BCUT2D eigenvalue weighted by Crippen LogP contribution is -2.41. The molecule has 1 aromatic rings. The minimum Gasteiger partial charge on any atom is -0.469 e. The molecular weight excluding hydrogens is 256 g/mol. The quantitative estimate of drug-likeness (QED) is 0.493. The van der Waals surface area contributed by atoms with Crippen molar-refractivity contribution in [3.63, 3.8) is 0 Å². The highest BCUT2D eigenvalue weighted by molar-refractivity contribution is 5.80. The summed E-state index contributed by atoms with van der Waals surface area (Å²) >= 11 is 0. The molecule has 1 aromatic heterocycles. The van der Waals surface area contributed by atoms with Crippen molar-refractivity contribution in [3.8, 4) is 0 Å². The van der Waals surface area contributed by atoms with Gasteiger partial charge in [0, 0.05) is 39.6 Å². The van der Waals surface area contributed by atoms with E-state index >= 15 is 0 Å². The third-order valence-corrected chi connectivity index (χ3v) is 3.19. The molecule has 1 rings (SSSR count). The summed E-state index contributed by atoms with van der Waals surface area (Å²) in [5, 5.41) is 3.18. The number of nitrogens with one attached hydrogen (secondary N) is 1. The molecule has 1 atom stereocenters. The fourth-order valence-electron chi connectivity index (χ4n) is 1.89. The molecule has 0 radical (unpaired) electrons. The van der Waals surface area contributed by atoms with Crippen LogP contribution in [0.25, 0.3) is 0 Å². The number of carbonyl (C=O) groups excluding carboxylic acids is 1. The first-order valence-electron chi connectivity index (χ1n) is 6.59. The molecule has 0 saturated carbocycles. The van der Waals surface area contributed by atoms with Gasteiger partial charge in [0.15, 0.2) is 5.96 Å². The van der Waals surface area contributed by atoms with Crippen LogP contribution in [0.1, 0.15) is 12.6 Å². The molecule has 0 saturated heterocycles. The highest BCUT2D eigenvalue weighted by atomic mass is 16.5. The molecule has 0 spiro atoms. The second-order valence-electron chi connectivity index (χ2n) is 4.82. The Hall–Kier alpha value is -1.98. The first-order chi connectivity index (χ1) is 9.49. The SMILES string of the molecule is CN=C(NCC(C)C(=O)OC)N(C)Cc1cccn1C. The summed E-state index contributed by atoms with van der Waals surface area (Å²) in [6.07, 6.45) is 2.01. The van der Waals surface area contributed by atoms with Crippen LogP contribution in [0.4, 0.5) is 0 Å². The van der Waals surface area contributed by atoms with Crippen LogP contribution in [-0.2, 0) is 23.1 Å². The van der Waals surface area contributed by atoms with Crippen LogP contribution >= 0.6 is 0 Å². The predicted octanol–water partition coefficient (Wildman–Crippen LogP) is 0.841. The molecular formula is C14H24N4O2. The van der Waals surface area contributed by atoms with Crippen molar-refractivity contribution in [1.29, 1.82) is 0 Å². The number of hydrogen-bond donors (Lipinski definition) is 1. The van der Waals surface area contributed by atoms with Crippen molar-refractivity contribution in [2.45, 2.75) is 13.5 Å². The van der Waals surface area contributed by atoms with E-state index in [1.807, 2.05) is 38.2 Å². The summed E-state index contributed by atoms with van der Waals surface area (Å²) in [6.45, 7) is 3.07. The van der Waals surface area contributed by atoms with Crippen LogP contribution in [0.2, 0.25) is 0 Å². The van der Waals surface area contributed by atoms with Gasteiger partial charge in [0.05, 0.1) is 19.6 Å². The summed E-state index contributed by atoms with van der Waals surface area (Å²) in [5.74, 6) is 0.320. The Morgan fingerprint density at radius 2 is 2.30 bits per heavy atom. The monoisotopic (exact) mass is 280 g/mol. The molecule has 0 aliphatic rings. The number of hydrogen-bond acceptors (Lipinski definition) is 3. The van der Waals surface area contributed by atoms with E-state index in [2.05, 4.69) is 20.9 Å². The van der Waals surface area contributed by atoms with Crippen LogP contribution in [0, 0.1) is 5.92 Å². The van der Waals surface area contributed by atoms with Crippen LogP contribution in [0.15, 0.2) is 23.3 Å². The maximum atomic E-state index is 11.4. The minimum atomic E-state index is -0.224. The minimum absolute atomic E-state index is 0.208. The second-order valence-corrected chi connectivity index (χ2v) is 4.82. The Labute approximate surface area is 120 Å². The number of aliphatic imine (C=N–C) groups is 1. The van der Waals surface area contributed by atoms with Gasteiger partial charge in [-0.1, -0.05) is 6.92 Å². The lowest BCUT2D eigenvalue weighted by molar-refractivity contribution is -0.144. The average molecular weight is 280 g/mol. The van der Waals surface area contributed by atoms with Gasteiger partial charge < -0.3 is 19.5 Å². The number of aryl methyl sites for hydroxylation is 1. The van der Waals surface area contributed by atoms with Crippen LogP contribution in [0.5, 0.6) is 0 Å². The standard InChI is InChI=1S/C14H24N4O2/c1-11(13(19)20-5)9-16-14(15-2)18(4)10-12-7-6-8-17(12)3/h6-8,11H,9-10H2,1-5H3,(H,15,16). The van der Waals surface area contributed by atoms with E-state index in [1.165, 1.54) is 12.8 Å². The van der Waals surface area contributed by atoms with Gasteiger partial charge in [0.2, 0.25) is 0 Å². The van der Waals surface area contributed by atoms with E-state index in [0.717, 1.165) is 12.5 Å². The summed E-state index contributed by atoms with van der Waals surface area (Å²) < 4.78 is 6.77. The van der Waals surface area contributed by atoms with E-state index in [0.29, 0.717) is 6.54 Å². The van der Waals surface area contributed by atoms with Crippen molar-refractivity contribution in [2.75, 3.05) is 27.7 Å². The highest BCUT2D eigenvalue weighted by Crippen LogP contribution is 2.04. The summed E-state index contributed by atoms with van der Waals surface area (Å²) in [6, 6.07) is 4.08. The Balaban J connectivity index is 2.54. The maximum Gasteiger partial charge on any atom is 0.310 e. The molecule has 20 heavy (non-hydrogen) atoms. The molecule has 112 valence electrons. The zero-order valence-electron chi connectivity index (χ0n) is 12.9. The number of rotatable bonds is 5. The molecule has 0 aromatic carbocycles. The molecule has 0 fully saturated rings. The van der Waals surface area contributed by atoms with Crippen LogP contribution in [0.3, 0.4) is 0 Å². The van der Waals surface area contributed by atoms with E-state index in [-0.39, 0.29) is 11.9 Å². The van der Waals surface area contributed by atoms with Crippen molar-refractivity contribution in [3.05, 3.63) is 24.0 Å². The molecule has 6 nitrogen and oxygen atoms in total. The fraction of sp³-hybridized carbons (Fsp3) is 0.571. The van der Waals surface area contributed by atoms with Gasteiger partial charge in [-0.15, -0.1) is 0 Å². The lowest BCUT2D eigenvalue weighted by Gasteiger charge is -2.23. The molecule has 0 amide bonds. The molecule has 1 unspecified atom stereocenters. The number of guanidine groups is 1. The van der Waals surface area contributed by atoms with Crippen LogP contribution < -0.4 is 5.32 Å². The number of carbonyl (C=O) groups is 1. The zero-order valence-corrected chi connectivity index (χ0v) is 12.9. The summed E-state index contributed by atoms with van der Waals surface area (Å²) in [4.78, 5) is 17.6. The van der Waals surface area contributed by atoms with Gasteiger partial charge in [0.25, 0.3) is 0 Å². The van der Waals surface area contributed by atoms with Crippen molar-refractivity contribution < 1.29 is 9.53 Å². The third kappa shape index (κ3) is 4.29. The van der Waals surface area contributed by atoms with Crippen molar-refractivity contribution in [2.24, 2.45) is 18.0 Å². The Morgan fingerprint density at radius 1 is 1.60 bits per heavy atom. The number of esters is 1. The third-order valence-electron chi connectivity index (χ3n) is 3.19. The molecule has 1 heterocycles. The zero-order chi connectivity index (χ0) is 15.1. The summed E-state index contributed by atoms with van der Waals surface area (Å²) in [5.41, 5.74) is 1.19. The van der Waals surface area contributed by atoms with E-state index in [9.17, 15) is 4.79 Å². The predicted molar refractivity (Wildman–Crippen MR) is 79.4 cm³/mol.